The molecule has 0 fully saturated rings. The van der Waals surface area contributed by atoms with Crippen LogP contribution >= 0.6 is 0 Å². The fourth-order valence-corrected chi connectivity index (χ4v) is 3.58. The van der Waals surface area contributed by atoms with E-state index in [4.69, 9.17) is 0 Å². The third kappa shape index (κ3) is 15.1. The van der Waals surface area contributed by atoms with E-state index in [-0.39, 0.29) is 36.0 Å². The third-order valence-electron chi connectivity index (χ3n) is 4.27. The standard InChI is InChI=1S/C18H36O2.Na/c1-6-8-14(2)11-16(4)13-17(5)12-15(3)9-7-10-18(19)20;/h14-17H,6-13H2,1-5H3,(H,19,20);/q;+1/p-1. The summed E-state index contributed by atoms with van der Waals surface area (Å²) < 4.78 is 0. The van der Waals surface area contributed by atoms with Gasteiger partial charge >= 0.3 is 29.6 Å². The van der Waals surface area contributed by atoms with Gasteiger partial charge in [0.1, 0.15) is 0 Å². The van der Waals surface area contributed by atoms with Crippen LogP contribution in [0.4, 0.5) is 0 Å². The Morgan fingerprint density at radius 3 is 1.71 bits per heavy atom. The molecule has 0 amide bonds. The molecule has 0 aliphatic carbocycles. The summed E-state index contributed by atoms with van der Waals surface area (Å²) in [6.45, 7) is 11.6. The zero-order chi connectivity index (χ0) is 15.5. The minimum atomic E-state index is -0.913. The summed E-state index contributed by atoms with van der Waals surface area (Å²) in [7, 11) is 0. The van der Waals surface area contributed by atoms with Gasteiger partial charge < -0.3 is 9.90 Å². The van der Waals surface area contributed by atoms with E-state index >= 15 is 0 Å². The Morgan fingerprint density at radius 2 is 1.29 bits per heavy atom. The largest absolute Gasteiger partial charge is 1.00 e. The van der Waals surface area contributed by atoms with Crippen LogP contribution in [0.2, 0.25) is 0 Å². The Kier molecular flexibility index (Phi) is 15.9. The van der Waals surface area contributed by atoms with Gasteiger partial charge in [0.15, 0.2) is 0 Å². The predicted octanol–water partition coefficient (Wildman–Crippen LogP) is 1.43. The summed E-state index contributed by atoms with van der Waals surface area (Å²) >= 11 is 0. The monoisotopic (exact) mass is 306 g/mol. The molecule has 0 spiro atoms. The van der Waals surface area contributed by atoms with Gasteiger partial charge in [0.05, 0.1) is 0 Å². The molecule has 3 heteroatoms. The van der Waals surface area contributed by atoms with Crippen LogP contribution in [0.15, 0.2) is 0 Å². The molecule has 0 aromatic carbocycles. The molecule has 0 saturated carbocycles. The first kappa shape index (κ1) is 23.7. The average Bonchev–Trinajstić information content (AvgIpc) is 2.27. The Bertz CT molecular complexity index is 256. The minimum Gasteiger partial charge on any atom is -0.550 e. The number of carbonyl (C=O) groups is 1. The molecule has 4 atom stereocenters. The second-order valence-corrected chi connectivity index (χ2v) is 7.18. The predicted molar refractivity (Wildman–Crippen MR) is 84.3 cm³/mol. The van der Waals surface area contributed by atoms with Crippen LogP contribution in [-0.4, -0.2) is 5.97 Å². The summed E-state index contributed by atoms with van der Waals surface area (Å²) in [6.07, 6.45) is 8.49. The molecule has 0 rings (SSSR count). The van der Waals surface area contributed by atoms with E-state index in [0.29, 0.717) is 5.92 Å². The van der Waals surface area contributed by atoms with Gasteiger partial charge in [0.2, 0.25) is 0 Å². The van der Waals surface area contributed by atoms with Crippen LogP contribution in [0.3, 0.4) is 0 Å². The minimum absolute atomic E-state index is 0. The van der Waals surface area contributed by atoms with Crippen LogP contribution in [-0.2, 0) is 4.79 Å². The summed E-state index contributed by atoms with van der Waals surface area (Å²) in [6, 6.07) is 0. The second kappa shape index (κ2) is 14.1. The van der Waals surface area contributed by atoms with Gasteiger partial charge in [-0.15, -0.1) is 0 Å². The summed E-state index contributed by atoms with van der Waals surface area (Å²) in [5.41, 5.74) is 0. The Labute approximate surface area is 154 Å². The van der Waals surface area contributed by atoms with E-state index in [0.717, 1.165) is 30.6 Å². The Hall–Kier alpha value is 0.470. The molecular weight excluding hydrogens is 271 g/mol. The number of carboxylic acids is 1. The first-order valence-corrected chi connectivity index (χ1v) is 8.54. The maximum absolute atomic E-state index is 10.4. The zero-order valence-electron chi connectivity index (χ0n) is 15.3. The fourth-order valence-electron chi connectivity index (χ4n) is 3.58. The molecule has 21 heavy (non-hydrogen) atoms. The summed E-state index contributed by atoms with van der Waals surface area (Å²) in [4.78, 5) is 10.4. The van der Waals surface area contributed by atoms with Gasteiger partial charge in [0.25, 0.3) is 0 Å². The molecule has 0 saturated heterocycles. The van der Waals surface area contributed by atoms with Crippen LogP contribution in [0.25, 0.3) is 0 Å². The molecular formula is C18H35NaO2. The molecule has 4 unspecified atom stereocenters. The summed E-state index contributed by atoms with van der Waals surface area (Å²) in [5, 5.41) is 10.4. The average molecular weight is 306 g/mol. The number of aliphatic carboxylic acids is 1. The number of hydrogen-bond acceptors (Lipinski definition) is 2. The van der Waals surface area contributed by atoms with Crippen molar-refractivity contribution >= 4 is 5.97 Å². The van der Waals surface area contributed by atoms with E-state index in [1.807, 2.05) is 0 Å². The molecule has 0 radical (unpaired) electrons. The second-order valence-electron chi connectivity index (χ2n) is 7.18. The van der Waals surface area contributed by atoms with Gasteiger partial charge in [-0.1, -0.05) is 53.9 Å². The zero-order valence-corrected chi connectivity index (χ0v) is 17.3. The Morgan fingerprint density at radius 1 is 0.857 bits per heavy atom. The van der Waals surface area contributed by atoms with E-state index in [1.54, 1.807) is 0 Å². The van der Waals surface area contributed by atoms with Crippen molar-refractivity contribution in [2.75, 3.05) is 0 Å². The smallest absolute Gasteiger partial charge is 0.550 e. The fraction of sp³-hybridized carbons (Fsp3) is 0.944. The third-order valence-corrected chi connectivity index (χ3v) is 4.27. The molecule has 120 valence electrons. The van der Waals surface area contributed by atoms with Gasteiger partial charge in [-0.25, -0.2) is 0 Å². The number of hydrogen-bond donors (Lipinski definition) is 0. The SMILES string of the molecule is CCCC(C)CC(C)CC(C)CC(C)CCCC(=O)[O-].[Na+]. The van der Waals surface area contributed by atoms with Crippen LogP contribution in [0.5, 0.6) is 0 Å². The first-order valence-electron chi connectivity index (χ1n) is 8.54. The maximum atomic E-state index is 10.4. The van der Waals surface area contributed by atoms with Crippen molar-refractivity contribution in [3.63, 3.8) is 0 Å². The van der Waals surface area contributed by atoms with Gasteiger partial charge in [-0.05, 0) is 55.8 Å². The topological polar surface area (TPSA) is 40.1 Å². The normalized spacial score (nSPS) is 16.6. The molecule has 0 bridgehead atoms. The van der Waals surface area contributed by atoms with Gasteiger partial charge in [-0.3, -0.25) is 0 Å². The van der Waals surface area contributed by atoms with Crippen LogP contribution in [0.1, 0.15) is 86.0 Å². The van der Waals surface area contributed by atoms with Crippen molar-refractivity contribution in [2.24, 2.45) is 23.7 Å². The van der Waals surface area contributed by atoms with Crippen molar-refractivity contribution < 1.29 is 39.5 Å². The number of carboxylic acid groups (broad SMARTS) is 1. The molecule has 0 heterocycles. The number of carbonyl (C=O) groups excluding carboxylic acids is 1. The van der Waals surface area contributed by atoms with Crippen molar-refractivity contribution in [1.29, 1.82) is 0 Å². The van der Waals surface area contributed by atoms with Crippen LogP contribution in [0, 0.1) is 23.7 Å². The van der Waals surface area contributed by atoms with Crippen molar-refractivity contribution in [2.45, 2.75) is 86.0 Å². The van der Waals surface area contributed by atoms with Crippen LogP contribution < -0.4 is 34.7 Å². The molecule has 0 aliphatic heterocycles. The maximum Gasteiger partial charge on any atom is 1.00 e. The number of rotatable bonds is 12. The molecule has 0 aromatic rings. The van der Waals surface area contributed by atoms with Gasteiger partial charge in [-0.2, -0.15) is 0 Å². The molecule has 0 aromatic heterocycles. The first-order chi connectivity index (χ1) is 9.35. The molecule has 0 N–H and O–H groups in total. The van der Waals surface area contributed by atoms with E-state index < -0.39 is 5.97 Å². The quantitative estimate of drug-likeness (QED) is 0.512. The van der Waals surface area contributed by atoms with E-state index in [9.17, 15) is 9.90 Å². The molecule has 2 nitrogen and oxygen atoms in total. The van der Waals surface area contributed by atoms with E-state index in [2.05, 4.69) is 34.6 Å². The molecule has 0 aliphatic rings. The Balaban J connectivity index is 0. The van der Waals surface area contributed by atoms with E-state index in [1.165, 1.54) is 32.1 Å². The van der Waals surface area contributed by atoms with Crippen molar-refractivity contribution in [1.82, 2.24) is 0 Å². The van der Waals surface area contributed by atoms with Crippen molar-refractivity contribution in [3.8, 4) is 0 Å². The summed E-state index contributed by atoms with van der Waals surface area (Å²) in [5.74, 6) is 2.12. The van der Waals surface area contributed by atoms with Gasteiger partial charge in [0, 0.05) is 5.97 Å². The van der Waals surface area contributed by atoms with Crippen molar-refractivity contribution in [3.05, 3.63) is 0 Å².